The van der Waals surface area contributed by atoms with Crippen molar-refractivity contribution in [1.82, 2.24) is 15.3 Å². The molecule has 1 N–H and O–H groups in total. The molecule has 2 unspecified atom stereocenters. The summed E-state index contributed by atoms with van der Waals surface area (Å²) in [5.41, 5.74) is 11.8. The zero-order valence-electron chi connectivity index (χ0n) is 27.0. The van der Waals surface area contributed by atoms with Crippen LogP contribution in [0, 0.1) is 5.92 Å². The van der Waals surface area contributed by atoms with Crippen LogP contribution in [-0.2, 0) is 0 Å². The molecule has 7 rings (SSSR count). The molecule has 1 aliphatic heterocycles. The van der Waals surface area contributed by atoms with E-state index in [0.29, 0.717) is 0 Å². The fraction of sp³-hybridized carbons (Fsp3) is 0.114. The Morgan fingerprint density at radius 3 is 1.92 bits per heavy atom. The summed E-state index contributed by atoms with van der Waals surface area (Å²) in [6.07, 6.45) is 23.9. The summed E-state index contributed by atoms with van der Waals surface area (Å²) in [5.74, 6) is 0.143. The van der Waals surface area contributed by atoms with Crippen LogP contribution >= 0.6 is 0 Å². The van der Waals surface area contributed by atoms with Crippen LogP contribution in [0.1, 0.15) is 42.4 Å². The summed E-state index contributed by atoms with van der Waals surface area (Å²) < 4.78 is 0. The van der Waals surface area contributed by atoms with Crippen LogP contribution in [0.15, 0.2) is 181 Å². The van der Waals surface area contributed by atoms with Crippen LogP contribution < -0.4 is 5.32 Å². The van der Waals surface area contributed by atoms with Gasteiger partial charge in [-0.3, -0.25) is 4.99 Å². The Morgan fingerprint density at radius 2 is 1.35 bits per heavy atom. The lowest BCUT2D eigenvalue weighted by Gasteiger charge is -2.29. The minimum Gasteiger partial charge on any atom is -0.363 e. The van der Waals surface area contributed by atoms with Gasteiger partial charge >= 0.3 is 0 Å². The van der Waals surface area contributed by atoms with E-state index in [1.807, 2.05) is 30.4 Å². The summed E-state index contributed by atoms with van der Waals surface area (Å²) in [7, 11) is 0. The molecule has 0 bridgehead atoms. The lowest BCUT2D eigenvalue weighted by atomic mass is 9.88. The number of aromatic nitrogens is 2. The Kier molecular flexibility index (Phi) is 9.15. The van der Waals surface area contributed by atoms with Gasteiger partial charge in [-0.15, -0.1) is 0 Å². The van der Waals surface area contributed by atoms with Gasteiger partial charge in [-0.05, 0) is 47.6 Å². The van der Waals surface area contributed by atoms with Crippen molar-refractivity contribution in [2.75, 3.05) is 0 Å². The minimum atomic E-state index is -0.199. The normalized spacial score (nSPS) is 18.8. The molecule has 3 aromatic carbocycles. The van der Waals surface area contributed by atoms with E-state index >= 15 is 0 Å². The second kappa shape index (κ2) is 14.3. The van der Waals surface area contributed by atoms with Crippen molar-refractivity contribution >= 4 is 16.9 Å². The highest BCUT2D eigenvalue weighted by atomic mass is 15.1. The Bertz CT molecular complexity index is 2040. The Hall–Kier alpha value is -5.87. The lowest BCUT2D eigenvalue weighted by Crippen LogP contribution is -2.29. The standard InChI is InChI=1S/C44H38N4/c1-3-4-17-31(2)38-30-39(46-44(45-38)37-24-15-8-16-25-37)32-26-28-36(29-27-32)43-42(35-22-13-7-14-23-35)47-40(33-18-9-5-10-19-33)41(48-43)34-20-11-6-12-21-34/h3-6,8-13,15-26,28-30,32,44,46H,1-2,7,14,27H2/b17-4-. The molecular weight excluding hydrogens is 585 g/mol. The van der Waals surface area contributed by atoms with Crippen LogP contribution in [0.25, 0.3) is 33.7 Å². The molecule has 0 fully saturated rings. The van der Waals surface area contributed by atoms with Gasteiger partial charge in [0.25, 0.3) is 0 Å². The van der Waals surface area contributed by atoms with Gasteiger partial charge in [0.15, 0.2) is 0 Å². The second-order valence-corrected chi connectivity index (χ2v) is 12.0. The van der Waals surface area contributed by atoms with Gasteiger partial charge in [-0.2, -0.15) is 0 Å². The first-order valence-electron chi connectivity index (χ1n) is 16.6. The molecule has 2 heterocycles. The first kappa shape index (κ1) is 30.8. The van der Waals surface area contributed by atoms with Crippen molar-refractivity contribution < 1.29 is 0 Å². The van der Waals surface area contributed by atoms with E-state index in [1.165, 1.54) is 0 Å². The number of nitrogens with zero attached hydrogens (tertiary/aromatic N) is 3. The van der Waals surface area contributed by atoms with Crippen molar-refractivity contribution in [3.05, 3.63) is 193 Å². The SMILES string of the molecule is C=C/C=C\C(=C)C1=NC(c2ccccc2)NC(C2C=CC(c3nc(-c4ccccc4)c(-c4ccccc4)nc3C3=CCCC=C3)=CC2)=C1. The maximum Gasteiger partial charge on any atom is 0.145 e. The molecule has 4 heteroatoms. The number of nitrogens with one attached hydrogen (secondary N) is 1. The van der Waals surface area contributed by atoms with Crippen LogP contribution in [0.3, 0.4) is 0 Å². The van der Waals surface area contributed by atoms with Crippen LogP contribution in [0.5, 0.6) is 0 Å². The minimum absolute atomic E-state index is 0.143. The molecule has 0 spiro atoms. The number of benzene rings is 3. The molecule has 2 aliphatic carbocycles. The van der Waals surface area contributed by atoms with E-state index in [2.05, 4.69) is 134 Å². The van der Waals surface area contributed by atoms with Gasteiger partial charge in [0.05, 0.1) is 28.5 Å². The zero-order chi connectivity index (χ0) is 32.7. The first-order valence-corrected chi connectivity index (χ1v) is 16.6. The maximum atomic E-state index is 5.44. The van der Waals surface area contributed by atoms with E-state index in [-0.39, 0.29) is 12.1 Å². The smallest absolute Gasteiger partial charge is 0.145 e. The topological polar surface area (TPSA) is 50.2 Å². The fourth-order valence-corrected chi connectivity index (χ4v) is 6.26. The van der Waals surface area contributed by atoms with Gasteiger partial charge in [0.2, 0.25) is 0 Å². The molecule has 0 saturated heterocycles. The first-order chi connectivity index (χ1) is 23.7. The average molecular weight is 623 g/mol. The van der Waals surface area contributed by atoms with Gasteiger partial charge in [-0.25, -0.2) is 9.97 Å². The summed E-state index contributed by atoms with van der Waals surface area (Å²) in [4.78, 5) is 15.9. The quantitative estimate of drug-likeness (QED) is 0.189. The van der Waals surface area contributed by atoms with E-state index in [0.717, 1.165) is 86.9 Å². The van der Waals surface area contributed by atoms with Gasteiger partial charge < -0.3 is 5.32 Å². The molecule has 2 atom stereocenters. The lowest BCUT2D eigenvalue weighted by molar-refractivity contribution is 0.559. The third kappa shape index (κ3) is 6.65. The highest BCUT2D eigenvalue weighted by Gasteiger charge is 2.26. The van der Waals surface area contributed by atoms with Crippen LogP contribution in [-0.4, -0.2) is 15.7 Å². The second-order valence-electron chi connectivity index (χ2n) is 12.0. The number of aliphatic imine (C=N–C) groups is 1. The third-order valence-electron chi connectivity index (χ3n) is 8.77. The van der Waals surface area contributed by atoms with E-state index in [9.17, 15) is 0 Å². The third-order valence-corrected chi connectivity index (χ3v) is 8.77. The predicted octanol–water partition coefficient (Wildman–Crippen LogP) is 10.4. The molecule has 0 radical (unpaired) electrons. The van der Waals surface area contributed by atoms with Gasteiger partial charge in [0.1, 0.15) is 6.17 Å². The number of hydrogen-bond donors (Lipinski definition) is 1. The molecule has 1 aromatic heterocycles. The predicted molar refractivity (Wildman–Crippen MR) is 201 cm³/mol. The summed E-state index contributed by atoms with van der Waals surface area (Å²) >= 11 is 0. The van der Waals surface area contributed by atoms with Crippen molar-refractivity contribution in [3.8, 4) is 22.5 Å². The van der Waals surface area contributed by atoms with Gasteiger partial charge in [-0.1, -0.05) is 159 Å². The Morgan fingerprint density at radius 1 is 0.729 bits per heavy atom. The molecule has 0 amide bonds. The molecule has 234 valence electrons. The van der Waals surface area contributed by atoms with Crippen molar-refractivity contribution in [1.29, 1.82) is 0 Å². The summed E-state index contributed by atoms with van der Waals surface area (Å²) in [5, 5.41) is 3.72. The number of allylic oxidation sites excluding steroid dienone is 13. The van der Waals surface area contributed by atoms with E-state index in [4.69, 9.17) is 15.0 Å². The highest BCUT2D eigenvalue weighted by molar-refractivity contribution is 6.10. The van der Waals surface area contributed by atoms with Crippen LogP contribution in [0.2, 0.25) is 0 Å². The van der Waals surface area contributed by atoms with Crippen molar-refractivity contribution in [2.45, 2.75) is 25.4 Å². The fourth-order valence-electron chi connectivity index (χ4n) is 6.26. The number of hydrogen-bond acceptors (Lipinski definition) is 4. The summed E-state index contributed by atoms with van der Waals surface area (Å²) in [6.45, 7) is 8.11. The Labute approximate surface area is 283 Å². The molecule has 4 nitrogen and oxygen atoms in total. The largest absolute Gasteiger partial charge is 0.363 e. The van der Waals surface area contributed by atoms with Crippen molar-refractivity contribution in [2.24, 2.45) is 10.9 Å². The van der Waals surface area contributed by atoms with Crippen LogP contribution in [0.4, 0.5) is 0 Å². The number of rotatable bonds is 9. The average Bonchev–Trinajstić information content (AvgIpc) is 3.17. The van der Waals surface area contributed by atoms with E-state index in [1.54, 1.807) is 6.08 Å². The Balaban J connectivity index is 1.27. The maximum absolute atomic E-state index is 5.44. The molecule has 48 heavy (non-hydrogen) atoms. The molecule has 3 aliphatic rings. The molecule has 4 aromatic rings. The van der Waals surface area contributed by atoms with Gasteiger partial charge in [0, 0.05) is 22.7 Å². The molecule has 0 saturated carbocycles. The monoisotopic (exact) mass is 622 g/mol. The van der Waals surface area contributed by atoms with E-state index < -0.39 is 0 Å². The molecular formula is C44H38N4. The van der Waals surface area contributed by atoms with Crippen molar-refractivity contribution in [3.63, 3.8) is 0 Å². The highest BCUT2D eigenvalue weighted by Crippen LogP contribution is 2.38. The summed E-state index contributed by atoms with van der Waals surface area (Å²) in [6, 6.07) is 31.1. The zero-order valence-corrected chi connectivity index (χ0v) is 27.0.